The van der Waals surface area contributed by atoms with Crippen molar-refractivity contribution < 1.29 is 14.3 Å². The molecule has 3 nitrogen and oxygen atoms in total. The lowest BCUT2D eigenvalue weighted by molar-refractivity contribution is -0.149. The van der Waals surface area contributed by atoms with Gasteiger partial charge in [0, 0.05) is 19.3 Å². The van der Waals surface area contributed by atoms with Crippen molar-refractivity contribution in [2.24, 2.45) is 39.9 Å². The van der Waals surface area contributed by atoms with E-state index < -0.39 is 0 Å². The van der Waals surface area contributed by atoms with Crippen LogP contribution >= 0.6 is 0 Å². The van der Waals surface area contributed by atoms with Crippen LogP contribution in [0.4, 0.5) is 0 Å². The number of ether oxygens (including phenoxy) is 1. The van der Waals surface area contributed by atoms with Gasteiger partial charge in [0.15, 0.2) is 0 Å². The van der Waals surface area contributed by atoms with Crippen molar-refractivity contribution in [1.82, 2.24) is 0 Å². The van der Waals surface area contributed by atoms with Gasteiger partial charge in [-0.3, -0.25) is 9.59 Å². The van der Waals surface area contributed by atoms with Crippen LogP contribution in [0, 0.1) is 39.9 Å². The van der Waals surface area contributed by atoms with E-state index in [4.69, 9.17) is 4.74 Å². The zero-order chi connectivity index (χ0) is 20.5. The summed E-state index contributed by atoms with van der Waals surface area (Å²) in [5, 5.41) is 0. The molecule has 0 amide bonds. The number of Topliss-reactive ketones (excluding diaryl/α,β-unsaturated/α-hetero) is 1. The highest BCUT2D eigenvalue weighted by atomic mass is 16.5. The van der Waals surface area contributed by atoms with Gasteiger partial charge < -0.3 is 4.74 Å². The van der Waals surface area contributed by atoms with Crippen LogP contribution < -0.4 is 0 Å². The molecule has 0 aromatic carbocycles. The van der Waals surface area contributed by atoms with Gasteiger partial charge in [0.05, 0.1) is 0 Å². The highest BCUT2D eigenvalue weighted by Gasteiger charge is 2.64. The van der Waals surface area contributed by atoms with Gasteiger partial charge in [0.25, 0.3) is 0 Å². The number of allylic oxidation sites excluding steroid dienone is 1. The van der Waals surface area contributed by atoms with E-state index in [1.54, 1.807) is 0 Å². The number of esters is 1. The summed E-state index contributed by atoms with van der Waals surface area (Å²) < 4.78 is 5.56. The first-order chi connectivity index (χ1) is 13.0. The van der Waals surface area contributed by atoms with Crippen molar-refractivity contribution >= 4 is 11.8 Å². The molecule has 3 fully saturated rings. The lowest BCUT2D eigenvalue weighted by atomic mass is 9.47. The molecular weight excluding hydrogens is 348 g/mol. The summed E-state index contributed by atoms with van der Waals surface area (Å²) >= 11 is 0. The number of ketones is 1. The molecule has 156 valence electrons. The molecule has 4 aliphatic carbocycles. The molecule has 0 bridgehead atoms. The molecule has 4 rings (SSSR count). The third-order valence-corrected chi connectivity index (χ3v) is 9.42. The Bertz CT molecular complexity index is 719. The largest absolute Gasteiger partial charge is 0.462 e. The van der Waals surface area contributed by atoms with Gasteiger partial charge in [-0.2, -0.15) is 0 Å². The van der Waals surface area contributed by atoms with Crippen LogP contribution in [0.2, 0.25) is 0 Å². The SMILES string of the molecule is CC(=O)OC1CCC2(C)C(=CCC3C2CCC2(C)C3CC(C)(C)C2C(C)=O)C1. The molecule has 0 heterocycles. The maximum Gasteiger partial charge on any atom is 0.302 e. The van der Waals surface area contributed by atoms with Gasteiger partial charge in [0.1, 0.15) is 11.9 Å². The molecule has 4 aliphatic rings. The molecule has 0 aliphatic heterocycles. The second-order valence-corrected chi connectivity index (χ2v) is 11.5. The summed E-state index contributed by atoms with van der Waals surface area (Å²) in [5.41, 5.74) is 2.06. The third-order valence-electron chi connectivity index (χ3n) is 9.42. The van der Waals surface area contributed by atoms with E-state index in [1.165, 1.54) is 31.8 Å². The third kappa shape index (κ3) is 2.82. The van der Waals surface area contributed by atoms with Gasteiger partial charge in [-0.25, -0.2) is 0 Å². The molecule has 0 aromatic heterocycles. The molecule has 3 heteroatoms. The fourth-order valence-electron chi connectivity index (χ4n) is 8.65. The molecule has 0 saturated heterocycles. The second kappa shape index (κ2) is 6.44. The topological polar surface area (TPSA) is 43.4 Å². The maximum atomic E-state index is 12.6. The number of hydrogen-bond donors (Lipinski definition) is 0. The molecular formula is C25H38O3. The lowest BCUT2D eigenvalue weighted by Gasteiger charge is -2.58. The zero-order valence-corrected chi connectivity index (χ0v) is 18.6. The summed E-state index contributed by atoms with van der Waals surface area (Å²) in [6, 6.07) is 0. The Balaban J connectivity index is 1.63. The Kier molecular flexibility index (Phi) is 4.64. The molecule has 7 atom stereocenters. The van der Waals surface area contributed by atoms with Gasteiger partial charge in [-0.15, -0.1) is 0 Å². The maximum absolute atomic E-state index is 12.6. The summed E-state index contributed by atoms with van der Waals surface area (Å²) in [7, 11) is 0. The Hall–Kier alpha value is -1.12. The Morgan fingerprint density at radius 1 is 1.04 bits per heavy atom. The fourth-order valence-corrected chi connectivity index (χ4v) is 8.65. The predicted octanol–water partition coefficient (Wildman–Crippen LogP) is 5.72. The van der Waals surface area contributed by atoms with Crippen molar-refractivity contribution in [3.05, 3.63) is 11.6 Å². The number of carbonyl (C=O) groups is 2. The number of rotatable bonds is 2. The highest BCUT2D eigenvalue weighted by Crippen LogP contribution is 2.69. The summed E-state index contributed by atoms with van der Waals surface area (Å²) in [6.45, 7) is 12.9. The Morgan fingerprint density at radius 3 is 2.39 bits per heavy atom. The minimum atomic E-state index is -0.153. The minimum absolute atomic E-state index is 0.0646. The number of fused-ring (bicyclic) bond motifs is 5. The first kappa shape index (κ1) is 20.2. The van der Waals surface area contributed by atoms with Crippen molar-refractivity contribution in [1.29, 1.82) is 0 Å². The second-order valence-electron chi connectivity index (χ2n) is 11.5. The van der Waals surface area contributed by atoms with Crippen LogP contribution in [-0.4, -0.2) is 17.9 Å². The molecule has 3 saturated carbocycles. The van der Waals surface area contributed by atoms with Gasteiger partial charge >= 0.3 is 5.97 Å². The highest BCUT2D eigenvalue weighted by molar-refractivity contribution is 5.80. The normalized spacial score (nSPS) is 46.6. The molecule has 0 spiro atoms. The molecule has 0 aromatic rings. The Morgan fingerprint density at radius 2 is 1.75 bits per heavy atom. The van der Waals surface area contributed by atoms with Gasteiger partial charge in [-0.05, 0) is 79.4 Å². The van der Waals surface area contributed by atoms with E-state index in [0.717, 1.165) is 25.7 Å². The van der Waals surface area contributed by atoms with Gasteiger partial charge in [0.2, 0.25) is 0 Å². The predicted molar refractivity (Wildman–Crippen MR) is 111 cm³/mol. The molecule has 0 radical (unpaired) electrons. The van der Waals surface area contributed by atoms with E-state index in [-0.39, 0.29) is 34.2 Å². The van der Waals surface area contributed by atoms with E-state index >= 15 is 0 Å². The Labute approximate surface area is 170 Å². The smallest absolute Gasteiger partial charge is 0.302 e. The van der Waals surface area contributed by atoms with E-state index in [9.17, 15) is 9.59 Å². The monoisotopic (exact) mass is 386 g/mol. The van der Waals surface area contributed by atoms with Crippen molar-refractivity contribution in [3.8, 4) is 0 Å². The molecule has 0 N–H and O–H groups in total. The molecule has 28 heavy (non-hydrogen) atoms. The van der Waals surface area contributed by atoms with E-state index in [1.807, 2.05) is 6.92 Å². The summed E-state index contributed by atoms with van der Waals surface area (Å²) in [5.74, 6) is 2.50. The van der Waals surface area contributed by atoms with Crippen LogP contribution in [0.5, 0.6) is 0 Å². The standard InChI is InChI=1S/C25H38O3/c1-15(26)22-23(3,4)14-21-19-8-7-17-13-18(28-16(2)27)9-11-24(17,5)20(19)10-12-25(21,22)6/h7,18-22H,8-14H2,1-6H3. The van der Waals surface area contributed by atoms with Crippen LogP contribution in [-0.2, 0) is 14.3 Å². The van der Waals surface area contributed by atoms with Crippen molar-refractivity contribution in [2.75, 3.05) is 0 Å². The minimum Gasteiger partial charge on any atom is -0.462 e. The average molecular weight is 387 g/mol. The van der Waals surface area contributed by atoms with Gasteiger partial charge in [-0.1, -0.05) is 39.3 Å². The van der Waals surface area contributed by atoms with Crippen molar-refractivity contribution in [3.63, 3.8) is 0 Å². The van der Waals surface area contributed by atoms with Crippen LogP contribution in [0.25, 0.3) is 0 Å². The van der Waals surface area contributed by atoms with Crippen LogP contribution in [0.1, 0.15) is 86.5 Å². The average Bonchev–Trinajstić information content (AvgIpc) is 2.79. The van der Waals surface area contributed by atoms with E-state index in [0.29, 0.717) is 23.5 Å². The molecule has 7 unspecified atom stereocenters. The lowest BCUT2D eigenvalue weighted by Crippen LogP contribution is -2.51. The first-order valence-electron chi connectivity index (χ1n) is 11.4. The summed E-state index contributed by atoms with van der Waals surface area (Å²) in [4.78, 5) is 24.1. The quantitative estimate of drug-likeness (QED) is 0.450. The first-order valence-corrected chi connectivity index (χ1v) is 11.4. The van der Waals surface area contributed by atoms with Crippen molar-refractivity contribution in [2.45, 2.75) is 92.6 Å². The fraction of sp³-hybridized carbons (Fsp3) is 0.840. The van der Waals surface area contributed by atoms with Crippen LogP contribution in [0.3, 0.4) is 0 Å². The zero-order valence-electron chi connectivity index (χ0n) is 18.6. The number of hydrogen-bond acceptors (Lipinski definition) is 3. The van der Waals surface area contributed by atoms with E-state index in [2.05, 4.69) is 33.8 Å². The van der Waals surface area contributed by atoms with Crippen LogP contribution in [0.15, 0.2) is 11.6 Å². The summed E-state index contributed by atoms with van der Waals surface area (Å²) in [6.07, 6.45) is 10.3. The number of carbonyl (C=O) groups excluding carboxylic acids is 2.